The van der Waals surface area contributed by atoms with E-state index in [9.17, 15) is 0 Å². The van der Waals surface area contributed by atoms with E-state index in [2.05, 4.69) is 23.4 Å². The van der Waals surface area contributed by atoms with Crippen molar-refractivity contribution in [3.8, 4) is 0 Å². The molecule has 0 fully saturated rings. The van der Waals surface area contributed by atoms with Crippen LogP contribution in [0.4, 0.5) is 0 Å². The first kappa shape index (κ1) is 11.7. The normalized spacial score (nSPS) is 10.6. The van der Waals surface area contributed by atoms with Crippen LogP contribution in [-0.4, -0.2) is 13.3 Å². The summed E-state index contributed by atoms with van der Waals surface area (Å²) in [6.45, 7) is 0. The second kappa shape index (κ2) is 6.11. The molecule has 2 rings (SSSR count). The van der Waals surface area contributed by atoms with Gasteiger partial charge >= 0.3 is 0 Å². The third-order valence-electron chi connectivity index (χ3n) is 2.19. The molecule has 0 aliphatic rings. The summed E-state index contributed by atoms with van der Waals surface area (Å²) in [6, 6.07) is 18.4. The summed E-state index contributed by atoms with van der Waals surface area (Å²) in [5.74, 6) is 0. The zero-order chi connectivity index (χ0) is 11.9. The molecule has 2 nitrogen and oxygen atoms in total. The molecule has 0 aromatic heterocycles. The maximum Gasteiger partial charge on any atom is 0.106 e. The quantitative estimate of drug-likeness (QED) is 0.601. The van der Waals surface area contributed by atoms with Gasteiger partial charge in [0, 0.05) is 15.4 Å². The number of rotatable bonds is 4. The van der Waals surface area contributed by atoms with E-state index in [1.54, 1.807) is 25.1 Å². The second-order valence-corrected chi connectivity index (χ2v) is 4.49. The molecule has 0 saturated heterocycles. The molecule has 17 heavy (non-hydrogen) atoms. The lowest BCUT2D eigenvalue weighted by atomic mass is 10.2. The molecule has 2 aromatic carbocycles. The minimum absolute atomic E-state index is 1.06. The van der Waals surface area contributed by atoms with E-state index in [-0.39, 0.29) is 0 Å². The molecule has 0 unspecified atom stereocenters. The van der Waals surface area contributed by atoms with Gasteiger partial charge < -0.3 is 4.84 Å². The predicted octanol–water partition coefficient (Wildman–Crippen LogP) is 3.82. The molecule has 0 bridgehead atoms. The van der Waals surface area contributed by atoms with E-state index in [0.717, 1.165) is 5.56 Å². The van der Waals surface area contributed by atoms with Crippen LogP contribution < -0.4 is 0 Å². The highest BCUT2D eigenvalue weighted by molar-refractivity contribution is 7.99. The Bertz CT molecular complexity index is 497. The van der Waals surface area contributed by atoms with Crippen molar-refractivity contribution < 1.29 is 4.84 Å². The minimum atomic E-state index is 1.06. The molecule has 0 N–H and O–H groups in total. The van der Waals surface area contributed by atoms with Gasteiger partial charge in [0.2, 0.25) is 0 Å². The lowest BCUT2D eigenvalue weighted by Gasteiger charge is -2.04. The highest BCUT2D eigenvalue weighted by Crippen LogP contribution is 2.29. The first-order chi connectivity index (χ1) is 8.40. The average molecular weight is 243 g/mol. The number of hydrogen-bond acceptors (Lipinski definition) is 3. The highest BCUT2D eigenvalue weighted by Gasteiger charge is 2.01. The third kappa shape index (κ3) is 3.36. The molecule has 0 aliphatic carbocycles. The summed E-state index contributed by atoms with van der Waals surface area (Å²) < 4.78 is 0. The van der Waals surface area contributed by atoms with Crippen molar-refractivity contribution in [3.05, 3.63) is 60.2 Å². The zero-order valence-electron chi connectivity index (χ0n) is 9.54. The molecule has 0 heterocycles. The molecule has 0 atom stereocenters. The lowest BCUT2D eigenvalue weighted by Crippen LogP contribution is -1.86. The van der Waals surface area contributed by atoms with Crippen molar-refractivity contribution in [2.75, 3.05) is 7.11 Å². The Labute approximate surface area is 105 Å². The number of oxime groups is 1. The molecule has 0 spiro atoms. The Kier molecular flexibility index (Phi) is 4.22. The SMILES string of the molecule is CO/N=C/c1ccccc1Sc1ccccc1. The van der Waals surface area contributed by atoms with Gasteiger partial charge in [0.25, 0.3) is 0 Å². The first-order valence-corrected chi connectivity index (χ1v) is 6.10. The molecule has 0 amide bonds. The van der Waals surface area contributed by atoms with Crippen molar-refractivity contribution in [1.29, 1.82) is 0 Å². The molecule has 0 aliphatic heterocycles. The van der Waals surface area contributed by atoms with Crippen molar-refractivity contribution >= 4 is 18.0 Å². The van der Waals surface area contributed by atoms with E-state index >= 15 is 0 Å². The van der Waals surface area contributed by atoms with Gasteiger partial charge in [-0.2, -0.15) is 0 Å². The molecule has 0 saturated carbocycles. The molecule has 86 valence electrons. The maximum atomic E-state index is 4.71. The van der Waals surface area contributed by atoms with Crippen molar-refractivity contribution in [2.24, 2.45) is 5.16 Å². The van der Waals surface area contributed by atoms with Gasteiger partial charge in [0.15, 0.2) is 0 Å². The summed E-state index contributed by atoms with van der Waals surface area (Å²) >= 11 is 1.72. The maximum absolute atomic E-state index is 4.71. The van der Waals surface area contributed by atoms with Crippen LogP contribution in [0.25, 0.3) is 0 Å². The summed E-state index contributed by atoms with van der Waals surface area (Å²) in [7, 11) is 1.55. The van der Waals surface area contributed by atoms with E-state index in [4.69, 9.17) is 4.84 Å². The Morgan fingerprint density at radius 2 is 1.71 bits per heavy atom. The first-order valence-electron chi connectivity index (χ1n) is 5.28. The van der Waals surface area contributed by atoms with Crippen LogP contribution >= 0.6 is 11.8 Å². The lowest BCUT2D eigenvalue weighted by molar-refractivity contribution is 0.215. The van der Waals surface area contributed by atoms with Crippen LogP contribution in [0, 0.1) is 0 Å². The fourth-order valence-corrected chi connectivity index (χ4v) is 2.34. The van der Waals surface area contributed by atoms with Gasteiger partial charge in [-0.25, -0.2) is 0 Å². The van der Waals surface area contributed by atoms with Crippen molar-refractivity contribution in [3.63, 3.8) is 0 Å². The van der Waals surface area contributed by atoms with Crippen LogP contribution in [-0.2, 0) is 4.84 Å². The van der Waals surface area contributed by atoms with E-state index < -0.39 is 0 Å². The Hall–Kier alpha value is -1.74. The highest BCUT2D eigenvalue weighted by atomic mass is 32.2. The van der Waals surface area contributed by atoms with E-state index in [0.29, 0.717) is 0 Å². The predicted molar refractivity (Wildman–Crippen MR) is 71.6 cm³/mol. The number of hydrogen-bond donors (Lipinski definition) is 0. The van der Waals surface area contributed by atoms with E-state index in [1.807, 2.05) is 36.4 Å². The summed E-state index contributed by atoms with van der Waals surface area (Å²) in [4.78, 5) is 7.09. The molecular weight excluding hydrogens is 230 g/mol. The van der Waals surface area contributed by atoms with Gasteiger partial charge in [-0.05, 0) is 18.2 Å². The van der Waals surface area contributed by atoms with Gasteiger partial charge in [-0.3, -0.25) is 0 Å². The summed E-state index contributed by atoms with van der Waals surface area (Å²) in [5, 5.41) is 3.81. The Morgan fingerprint density at radius 3 is 2.47 bits per heavy atom. The molecule has 2 aromatic rings. The summed E-state index contributed by atoms with van der Waals surface area (Å²) in [5.41, 5.74) is 1.06. The summed E-state index contributed by atoms with van der Waals surface area (Å²) in [6.07, 6.45) is 1.73. The monoisotopic (exact) mass is 243 g/mol. The van der Waals surface area contributed by atoms with Gasteiger partial charge in [0.05, 0.1) is 6.21 Å². The molecule has 3 heteroatoms. The standard InChI is InChI=1S/C14H13NOS/c1-16-15-11-12-7-5-6-10-14(12)17-13-8-3-2-4-9-13/h2-11H,1H3/b15-11+. The Morgan fingerprint density at radius 1 is 1.00 bits per heavy atom. The minimum Gasteiger partial charge on any atom is -0.399 e. The van der Waals surface area contributed by atoms with Crippen LogP contribution in [0.3, 0.4) is 0 Å². The largest absolute Gasteiger partial charge is 0.399 e. The van der Waals surface area contributed by atoms with E-state index in [1.165, 1.54) is 9.79 Å². The average Bonchev–Trinajstić information content (AvgIpc) is 2.39. The smallest absolute Gasteiger partial charge is 0.106 e. The second-order valence-electron chi connectivity index (χ2n) is 3.37. The van der Waals surface area contributed by atoms with Crippen LogP contribution in [0.5, 0.6) is 0 Å². The van der Waals surface area contributed by atoms with Crippen LogP contribution in [0.2, 0.25) is 0 Å². The topological polar surface area (TPSA) is 21.6 Å². The molecule has 0 radical (unpaired) electrons. The van der Waals surface area contributed by atoms with Crippen molar-refractivity contribution in [2.45, 2.75) is 9.79 Å². The molecular formula is C14H13NOS. The van der Waals surface area contributed by atoms with Crippen LogP contribution in [0.1, 0.15) is 5.56 Å². The Balaban J connectivity index is 2.23. The van der Waals surface area contributed by atoms with Gasteiger partial charge in [-0.1, -0.05) is 53.3 Å². The fourth-order valence-electron chi connectivity index (χ4n) is 1.41. The van der Waals surface area contributed by atoms with Crippen LogP contribution in [0.15, 0.2) is 69.5 Å². The number of nitrogens with zero attached hydrogens (tertiary/aromatic N) is 1. The third-order valence-corrected chi connectivity index (χ3v) is 3.29. The van der Waals surface area contributed by atoms with Gasteiger partial charge in [0.1, 0.15) is 7.11 Å². The van der Waals surface area contributed by atoms with Crippen molar-refractivity contribution in [1.82, 2.24) is 0 Å². The van der Waals surface area contributed by atoms with Gasteiger partial charge in [-0.15, -0.1) is 0 Å². The zero-order valence-corrected chi connectivity index (χ0v) is 10.4. The fraction of sp³-hybridized carbons (Fsp3) is 0.0714. The number of benzene rings is 2.